The van der Waals surface area contributed by atoms with Crippen LogP contribution in [-0.4, -0.2) is 21.4 Å². The minimum atomic E-state index is -0.258. The largest absolute Gasteiger partial charge is 0.487 e. The Morgan fingerprint density at radius 3 is 2.57 bits per heavy atom. The summed E-state index contributed by atoms with van der Waals surface area (Å²) >= 11 is 1.08. The average Bonchev–Trinajstić information content (AvgIpc) is 3.29. The standard InChI is InChI=1S/C23H22N2O4S/c1-15-19(24-22(29-15)17-7-3-2-4-8-17)14-28-18-12-10-16(11-13-18)6-5-9-20-21(26)25-23(27)30-20/h2-4,7-8,10-13,20H,5-6,9,14H2,1H3,(H,25,26,27). The van der Waals surface area contributed by atoms with Crippen LogP contribution in [-0.2, 0) is 17.8 Å². The molecule has 1 aliphatic rings. The number of ether oxygens (including phenoxy) is 1. The monoisotopic (exact) mass is 422 g/mol. The van der Waals surface area contributed by atoms with E-state index in [2.05, 4.69) is 10.3 Å². The number of thioether (sulfide) groups is 1. The first-order chi connectivity index (χ1) is 14.6. The van der Waals surface area contributed by atoms with Crippen molar-refractivity contribution in [1.82, 2.24) is 10.3 Å². The van der Waals surface area contributed by atoms with E-state index < -0.39 is 0 Å². The molecular formula is C23H22N2O4S. The summed E-state index contributed by atoms with van der Waals surface area (Å²) < 4.78 is 11.6. The van der Waals surface area contributed by atoms with Crippen molar-refractivity contribution >= 4 is 22.9 Å². The lowest BCUT2D eigenvalue weighted by Gasteiger charge is -2.07. The van der Waals surface area contributed by atoms with E-state index >= 15 is 0 Å². The van der Waals surface area contributed by atoms with Gasteiger partial charge < -0.3 is 9.15 Å². The Bertz CT molecular complexity index is 1030. The maximum absolute atomic E-state index is 11.6. The molecule has 3 aromatic rings. The van der Waals surface area contributed by atoms with Crippen LogP contribution in [0.3, 0.4) is 0 Å². The Labute approximate surface area is 179 Å². The highest BCUT2D eigenvalue weighted by atomic mass is 32.2. The van der Waals surface area contributed by atoms with Crippen molar-refractivity contribution in [3.8, 4) is 17.2 Å². The summed E-state index contributed by atoms with van der Waals surface area (Å²) in [4.78, 5) is 27.3. The summed E-state index contributed by atoms with van der Waals surface area (Å²) in [6.45, 7) is 2.22. The number of hydrogen-bond donors (Lipinski definition) is 1. The molecule has 1 fully saturated rings. The summed E-state index contributed by atoms with van der Waals surface area (Å²) in [7, 11) is 0. The lowest BCUT2D eigenvalue weighted by Crippen LogP contribution is -2.24. The fourth-order valence-electron chi connectivity index (χ4n) is 3.25. The second kappa shape index (κ2) is 9.17. The lowest BCUT2D eigenvalue weighted by molar-refractivity contribution is -0.119. The molecule has 1 aromatic heterocycles. The van der Waals surface area contributed by atoms with Crippen molar-refractivity contribution in [2.45, 2.75) is 38.0 Å². The molecule has 0 saturated carbocycles. The molecule has 1 N–H and O–H groups in total. The van der Waals surface area contributed by atoms with Crippen LogP contribution < -0.4 is 10.1 Å². The number of oxazole rings is 1. The quantitative estimate of drug-likeness (QED) is 0.556. The number of imide groups is 1. The van der Waals surface area contributed by atoms with E-state index in [1.165, 1.54) is 5.56 Å². The van der Waals surface area contributed by atoms with Gasteiger partial charge in [-0.25, -0.2) is 4.98 Å². The second-order valence-electron chi connectivity index (χ2n) is 7.10. The van der Waals surface area contributed by atoms with Crippen LogP contribution in [0.5, 0.6) is 5.75 Å². The van der Waals surface area contributed by atoms with E-state index in [0.29, 0.717) is 18.9 Å². The van der Waals surface area contributed by atoms with Gasteiger partial charge in [0.2, 0.25) is 11.8 Å². The van der Waals surface area contributed by atoms with Crippen molar-refractivity contribution in [3.63, 3.8) is 0 Å². The van der Waals surface area contributed by atoms with Crippen molar-refractivity contribution in [3.05, 3.63) is 71.6 Å². The molecule has 0 radical (unpaired) electrons. The Hall–Kier alpha value is -3.06. The third kappa shape index (κ3) is 4.91. The highest BCUT2D eigenvalue weighted by Gasteiger charge is 2.30. The number of amides is 2. The molecule has 2 amide bonds. The second-order valence-corrected chi connectivity index (χ2v) is 8.27. The molecule has 2 heterocycles. The van der Waals surface area contributed by atoms with Crippen molar-refractivity contribution < 1.29 is 18.7 Å². The number of carbonyl (C=O) groups is 2. The van der Waals surface area contributed by atoms with Crippen LogP contribution in [0.25, 0.3) is 11.5 Å². The third-order valence-electron chi connectivity index (χ3n) is 4.91. The molecule has 1 atom stereocenters. The molecule has 1 saturated heterocycles. The first-order valence-corrected chi connectivity index (χ1v) is 10.7. The molecule has 0 spiro atoms. The van der Waals surface area contributed by atoms with Crippen LogP contribution in [0.4, 0.5) is 4.79 Å². The van der Waals surface area contributed by atoms with Crippen molar-refractivity contribution in [1.29, 1.82) is 0 Å². The predicted molar refractivity (Wildman–Crippen MR) is 115 cm³/mol. The van der Waals surface area contributed by atoms with Gasteiger partial charge in [0, 0.05) is 5.56 Å². The Morgan fingerprint density at radius 1 is 1.10 bits per heavy atom. The van der Waals surface area contributed by atoms with Crippen molar-refractivity contribution in [2.75, 3.05) is 0 Å². The summed E-state index contributed by atoms with van der Waals surface area (Å²) in [5.74, 6) is 1.93. The van der Waals surface area contributed by atoms with Gasteiger partial charge in [-0.3, -0.25) is 14.9 Å². The summed E-state index contributed by atoms with van der Waals surface area (Å²) in [5.41, 5.74) is 2.88. The molecule has 30 heavy (non-hydrogen) atoms. The molecule has 0 aliphatic carbocycles. The molecule has 154 valence electrons. The van der Waals surface area contributed by atoms with Gasteiger partial charge in [-0.2, -0.15) is 0 Å². The minimum absolute atomic E-state index is 0.174. The van der Waals surface area contributed by atoms with Gasteiger partial charge in [0.25, 0.3) is 5.24 Å². The zero-order chi connectivity index (χ0) is 20.9. The Kier molecular flexibility index (Phi) is 6.18. The maximum atomic E-state index is 11.6. The number of aryl methyl sites for hydroxylation is 2. The Morgan fingerprint density at radius 2 is 1.87 bits per heavy atom. The van der Waals surface area contributed by atoms with E-state index in [9.17, 15) is 9.59 Å². The summed E-state index contributed by atoms with van der Waals surface area (Å²) in [6, 6.07) is 17.7. The van der Waals surface area contributed by atoms with Crippen molar-refractivity contribution in [2.24, 2.45) is 0 Å². The average molecular weight is 423 g/mol. The van der Waals surface area contributed by atoms with Gasteiger partial charge in [0.15, 0.2) is 0 Å². The fourth-order valence-corrected chi connectivity index (χ4v) is 4.11. The highest BCUT2D eigenvalue weighted by Crippen LogP contribution is 2.25. The Balaban J connectivity index is 1.27. The SMILES string of the molecule is Cc1oc(-c2ccccc2)nc1COc1ccc(CCCC2SC(=O)NC2=O)cc1. The van der Waals surface area contributed by atoms with Crippen LogP contribution >= 0.6 is 11.8 Å². The molecule has 6 nitrogen and oxygen atoms in total. The first kappa shape index (κ1) is 20.2. The first-order valence-electron chi connectivity index (χ1n) is 9.83. The molecule has 1 unspecified atom stereocenters. The van der Waals surface area contributed by atoms with Gasteiger partial charge in [-0.15, -0.1) is 0 Å². The number of benzene rings is 2. The molecular weight excluding hydrogens is 400 g/mol. The number of aromatic nitrogens is 1. The predicted octanol–water partition coefficient (Wildman–Crippen LogP) is 4.90. The van der Waals surface area contributed by atoms with E-state index in [1.807, 2.05) is 61.5 Å². The van der Waals surface area contributed by atoms with Gasteiger partial charge in [-0.1, -0.05) is 42.1 Å². The lowest BCUT2D eigenvalue weighted by atomic mass is 10.1. The zero-order valence-corrected chi connectivity index (χ0v) is 17.4. The minimum Gasteiger partial charge on any atom is -0.487 e. The van der Waals surface area contributed by atoms with E-state index in [4.69, 9.17) is 9.15 Å². The van der Waals surface area contributed by atoms with E-state index in [-0.39, 0.29) is 16.4 Å². The highest BCUT2D eigenvalue weighted by molar-refractivity contribution is 8.15. The number of carbonyl (C=O) groups excluding carboxylic acids is 2. The number of nitrogens with zero attached hydrogens (tertiary/aromatic N) is 1. The van der Waals surface area contributed by atoms with Gasteiger partial charge in [0.05, 0.1) is 5.25 Å². The molecule has 2 aromatic carbocycles. The van der Waals surface area contributed by atoms with Gasteiger partial charge >= 0.3 is 0 Å². The fraction of sp³-hybridized carbons (Fsp3) is 0.261. The van der Waals surface area contributed by atoms with Crippen LogP contribution in [0.15, 0.2) is 59.0 Å². The van der Waals surface area contributed by atoms with Crippen LogP contribution in [0.2, 0.25) is 0 Å². The third-order valence-corrected chi connectivity index (χ3v) is 5.96. The van der Waals surface area contributed by atoms with Crippen LogP contribution in [0.1, 0.15) is 29.9 Å². The van der Waals surface area contributed by atoms with Gasteiger partial charge in [0.1, 0.15) is 23.8 Å². The topological polar surface area (TPSA) is 81.4 Å². The van der Waals surface area contributed by atoms with Crippen LogP contribution in [0, 0.1) is 6.92 Å². The smallest absolute Gasteiger partial charge is 0.286 e. The van der Waals surface area contributed by atoms with Gasteiger partial charge in [-0.05, 0) is 56.0 Å². The molecule has 7 heteroatoms. The zero-order valence-electron chi connectivity index (χ0n) is 16.6. The summed E-state index contributed by atoms with van der Waals surface area (Å²) in [6.07, 6.45) is 2.39. The number of rotatable bonds is 8. The van der Waals surface area contributed by atoms with E-state index in [0.717, 1.165) is 47.4 Å². The molecule has 0 bridgehead atoms. The molecule has 1 aliphatic heterocycles. The summed E-state index contributed by atoms with van der Waals surface area (Å²) in [5, 5.41) is 1.82. The normalized spacial score (nSPS) is 16.0. The maximum Gasteiger partial charge on any atom is 0.286 e. The van der Waals surface area contributed by atoms with E-state index in [1.54, 1.807) is 0 Å². The number of hydrogen-bond acceptors (Lipinski definition) is 6. The molecule has 4 rings (SSSR count). The number of nitrogens with one attached hydrogen (secondary N) is 1.